The van der Waals surface area contributed by atoms with Gasteiger partial charge < -0.3 is 0 Å². The molecule has 0 bridgehead atoms. The maximum absolute atomic E-state index is 13.2. The van der Waals surface area contributed by atoms with Gasteiger partial charge in [0, 0.05) is 16.0 Å². The monoisotopic (exact) mass is 324 g/mol. The third-order valence-electron chi connectivity index (χ3n) is 5.72. The lowest BCUT2D eigenvalue weighted by atomic mass is 9.73. The van der Waals surface area contributed by atoms with E-state index in [-0.39, 0.29) is 5.25 Å². The van der Waals surface area contributed by atoms with Crippen LogP contribution in [-0.2, 0) is 10.8 Å². The van der Waals surface area contributed by atoms with E-state index in [1.54, 1.807) is 0 Å². The second kappa shape index (κ2) is 6.60. The van der Waals surface area contributed by atoms with Crippen molar-refractivity contribution >= 4 is 10.8 Å². The molecule has 1 saturated heterocycles. The van der Waals surface area contributed by atoms with Crippen LogP contribution < -0.4 is 0 Å². The van der Waals surface area contributed by atoms with Gasteiger partial charge in [-0.1, -0.05) is 73.5 Å². The minimum atomic E-state index is -0.740. The van der Waals surface area contributed by atoms with E-state index in [1.807, 2.05) is 6.07 Å². The van der Waals surface area contributed by atoms with E-state index in [1.165, 1.54) is 30.4 Å². The Morgan fingerprint density at radius 1 is 0.783 bits per heavy atom. The third-order valence-corrected chi connectivity index (χ3v) is 7.92. The van der Waals surface area contributed by atoms with Gasteiger partial charge in [-0.3, -0.25) is 4.21 Å². The molecule has 0 N–H and O–H groups in total. The first kappa shape index (κ1) is 15.1. The molecule has 0 spiro atoms. The van der Waals surface area contributed by atoms with E-state index >= 15 is 0 Å². The Labute approximate surface area is 141 Å². The average molecular weight is 324 g/mol. The fourth-order valence-electron chi connectivity index (χ4n) is 4.61. The molecule has 5 atom stereocenters. The highest BCUT2D eigenvalue weighted by Gasteiger charge is 2.44. The summed E-state index contributed by atoms with van der Waals surface area (Å²) in [6.45, 7) is 0. The summed E-state index contributed by atoms with van der Waals surface area (Å²) >= 11 is 0. The SMILES string of the molecule is O=S1C(c2ccccc2)CC(c2ccccc2)C2CCCCC21. The summed E-state index contributed by atoms with van der Waals surface area (Å²) in [5.74, 6) is 1.16. The van der Waals surface area contributed by atoms with Gasteiger partial charge in [-0.05, 0) is 42.2 Å². The zero-order chi connectivity index (χ0) is 15.6. The molecule has 4 rings (SSSR count). The zero-order valence-corrected chi connectivity index (χ0v) is 14.3. The summed E-state index contributed by atoms with van der Waals surface area (Å²) in [7, 11) is -0.740. The minimum absolute atomic E-state index is 0.195. The van der Waals surface area contributed by atoms with Crippen molar-refractivity contribution in [3.8, 4) is 0 Å². The lowest BCUT2D eigenvalue weighted by molar-refractivity contribution is 0.282. The number of hydrogen-bond acceptors (Lipinski definition) is 1. The zero-order valence-electron chi connectivity index (χ0n) is 13.4. The molecule has 1 saturated carbocycles. The molecule has 120 valence electrons. The molecule has 1 heterocycles. The van der Waals surface area contributed by atoms with Gasteiger partial charge in [0.2, 0.25) is 0 Å². The van der Waals surface area contributed by atoms with Crippen LogP contribution in [0, 0.1) is 5.92 Å². The van der Waals surface area contributed by atoms with Gasteiger partial charge in [-0.25, -0.2) is 0 Å². The lowest BCUT2D eigenvalue weighted by Crippen LogP contribution is -2.40. The fourth-order valence-corrected chi connectivity index (χ4v) is 6.92. The van der Waals surface area contributed by atoms with E-state index in [9.17, 15) is 4.21 Å². The first-order valence-electron chi connectivity index (χ1n) is 8.84. The van der Waals surface area contributed by atoms with Crippen molar-refractivity contribution < 1.29 is 4.21 Å². The molecular formula is C21H24OS. The predicted octanol–water partition coefficient (Wildman–Crippen LogP) is 5.22. The van der Waals surface area contributed by atoms with Crippen LogP contribution in [0.25, 0.3) is 0 Å². The predicted molar refractivity (Wildman–Crippen MR) is 96.9 cm³/mol. The van der Waals surface area contributed by atoms with Crippen molar-refractivity contribution in [1.82, 2.24) is 0 Å². The molecule has 5 unspecified atom stereocenters. The van der Waals surface area contributed by atoms with Crippen LogP contribution >= 0.6 is 0 Å². The molecule has 2 aliphatic rings. The summed E-state index contributed by atoms with van der Waals surface area (Å²) in [4.78, 5) is 0. The molecular weight excluding hydrogens is 300 g/mol. The Bertz CT molecular complexity index is 667. The molecule has 2 fully saturated rings. The van der Waals surface area contributed by atoms with Crippen molar-refractivity contribution in [2.45, 2.75) is 48.5 Å². The fraction of sp³-hybridized carbons (Fsp3) is 0.429. The average Bonchev–Trinajstić information content (AvgIpc) is 2.64. The standard InChI is InChI=1S/C21H24OS/c22-23-20-14-8-7-13-18(20)19(16-9-3-1-4-10-16)15-21(23)17-11-5-2-6-12-17/h1-6,9-12,18-21H,7-8,13-15H2. The molecule has 1 aliphatic carbocycles. The highest BCUT2D eigenvalue weighted by molar-refractivity contribution is 7.86. The van der Waals surface area contributed by atoms with Crippen LogP contribution in [0.5, 0.6) is 0 Å². The molecule has 2 aromatic carbocycles. The molecule has 0 aromatic heterocycles. The van der Waals surface area contributed by atoms with Crippen LogP contribution in [0.15, 0.2) is 60.7 Å². The van der Waals surface area contributed by atoms with Crippen LogP contribution in [0.4, 0.5) is 0 Å². The first-order valence-corrected chi connectivity index (χ1v) is 10.1. The Balaban J connectivity index is 1.72. The third kappa shape index (κ3) is 2.89. The highest BCUT2D eigenvalue weighted by atomic mass is 32.2. The summed E-state index contributed by atoms with van der Waals surface area (Å²) in [6.07, 6.45) is 5.97. The number of benzene rings is 2. The molecule has 0 radical (unpaired) electrons. The van der Waals surface area contributed by atoms with E-state index < -0.39 is 10.8 Å². The largest absolute Gasteiger partial charge is 0.259 e. The van der Waals surface area contributed by atoms with E-state index in [4.69, 9.17) is 0 Å². The van der Waals surface area contributed by atoms with E-state index in [2.05, 4.69) is 54.6 Å². The van der Waals surface area contributed by atoms with Gasteiger partial charge in [-0.15, -0.1) is 0 Å². The molecule has 1 aliphatic heterocycles. The molecule has 2 aromatic rings. The van der Waals surface area contributed by atoms with Gasteiger partial charge in [0.05, 0.1) is 5.25 Å². The van der Waals surface area contributed by atoms with Gasteiger partial charge in [0.25, 0.3) is 0 Å². The Kier molecular flexibility index (Phi) is 4.35. The lowest BCUT2D eigenvalue weighted by Gasteiger charge is -2.44. The summed E-state index contributed by atoms with van der Waals surface area (Å²) in [6, 6.07) is 21.5. The second-order valence-corrected chi connectivity index (χ2v) is 8.80. The molecule has 2 heteroatoms. The maximum Gasteiger partial charge on any atom is 0.0605 e. The topological polar surface area (TPSA) is 17.1 Å². The van der Waals surface area contributed by atoms with Crippen LogP contribution in [0.3, 0.4) is 0 Å². The van der Waals surface area contributed by atoms with Crippen molar-refractivity contribution in [2.24, 2.45) is 5.92 Å². The summed E-state index contributed by atoms with van der Waals surface area (Å²) < 4.78 is 13.2. The smallest absolute Gasteiger partial charge is 0.0605 e. The normalized spacial score (nSPS) is 33.8. The maximum atomic E-state index is 13.2. The van der Waals surface area contributed by atoms with Crippen molar-refractivity contribution in [3.05, 3.63) is 71.8 Å². The Morgan fingerprint density at radius 2 is 1.39 bits per heavy atom. The van der Waals surface area contributed by atoms with Gasteiger partial charge >= 0.3 is 0 Å². The molecule has 0 amide bonds. The summed E-state index contributed by atoms with van der Waals surface area (Å²) in [5, 5.41) is 0.577. The van der Waals surface area contributed by atoms with Crippen LogP contribution in [0.2, 0.25) is 0 Å². The minimum Gasteiger partial charge on any atom is -0.259 e. The van der Waals surface area contributed by atoms with Gasteiger partial charge in [0.1, 0.15) is 0 Å². The molecule has 1 nitrogen and oxygen atoms in total. The summed E-state index contributed by atoms with van der Waals surface area (Å²) in [5.41, 5.74) is 2.71. The van der Waals surface area contributed by atoms with Crippen molar-refractivity contribution in [2.75, 3.05) is 0 Å². The van der Waals surface area contributed by atoms with Crippen molar-refractivity contribution in [3.63, 3.8) is 0 Å². The number of rotatable bonds is 2. The highest BCUT2D eigenvalue weighted by Crippen LogP contribution is 2.50. The van der Waals surface area contributed by atoms with Gasteiger partial charge in [-0.2, -0.15) is 0 Å². The first-order chi connectivity index (χ1) is 11.3. The Morgan fingerprint density at radius 3 is 2.09 bits per heavy atom. The number of hydrogen-bond donors (Lipinski definition) is 0. The van der Waals surface area contributed by atoms with E-state index in [0.717, 1.165) is 12.8 Å². The van der Waals surface area contributed by atoms with Crippen LogP contribution in [-0.4, -0.2) is 9.46 Å². The quantitative estimate of drug-likeness (QED) is 0.740. The van der Waals surface area contributed by atoms with E-state index in [0.29, 0.717) is 17.1 Å². The van der Waals surface area contributed by atoms with Gasteiger partial charge in [0.15, 0.2) is 0 Å². The van der Waals surface area contributed by atoms with Crippen LogP contribution in [0.1, 0.15) is 54.4 Å². The Hall–Kier alpha value is -1.41. The second-order valence-electron chi connectivity index (χ2n) is 6.97. The molecule has 23 heavy (non-hydrogen) atoms. The van der Waals surface area contributed by atoms with Crippen molar-refractivity contribution in [1.29, 1.82) is 0 Å². The number of fused-ring (bicyclic) bond motifs is 1.